The van der Waals surface area contributed by atoms with Crippen LogP contribution in [-0.2, 0) is 23.9 Å². The van der Waals surface area contributed by atoms with E-state index in [1.165, 1.54) is 0 Å². The molecule has 5 atom stereocenters. The van der Waals surface area contributed by atoms with Gasteiger partial charge in [0.2, 0.25) is 5.91 Å². The number of ether oxygens (including phenoxy) is 2. The molecule has 1 aliphatic heterocycles. The van der Waals surface area contributed by atoms with Gasteiger partial charge in [0.1, 0.15) is 31.5 Å². The van der Waals surface area contributed by atoms with Gasteiger partial charge >= 0.3 is 11.9 Å². The van der Waals surface area contributed by atoms with Crippen LogP contribution in [0.1, 0.15) is 0 Å². The van der Waals surface area contributed by atoms with Crippen LogP contribution in [0.2, 0.25) is 0 Å². The Balaban J connectivity index is 2.56. The zero-order chi connectivity index (χ0) is 16.2. The predicted octanol–water partition coefficient (Wildman–Crippen LogP) is -3.90. The van der Waals surface area contributed by atoms with Crippen molar-refractivity contribution < 1.29 is 49.4 Å². The van der Waals surface area contributed by atoms with Crippen molar-refractivity contribution in [2.45, 2.75) is 30.6 Å². The van der Waals surface area contributed by atoms with E-state index in [-0.39, 0.29) is 0 Å². The smallest absolute Gasteiger partial charge is 0.335 e. The molecule has 0 aromatic carbocycles. The molecule has 0 unspecified atom stereocenters. The summed E-state index contributed by atoms with van der Waals surface area (Å²) in [5.74, 6) is -3.76. The Hall–Kier alpha value is -1.79. The fourth-order valence-corrected chi connectivity index (χ4v) is 1.70. The predicted molar refractivity (Wildman–Crippen MR) is 60.9 cm³/mol. The number of aliphatic hydroxyl groups excluding tert-OH is 3. The van der Waals surface area contributed by atoms with E-state index in [9.17, 15) is 29.7 Å². The molecule has 0 aromatic heterocycles. The highest BCUT2D eigenvalue weighted by atomic mass is 16.6. The van der Waals surface area contributed by atoms with Crippen LogP contribution in [0.5, 0.6) is 0 Å². The molecule has 6 N–H and O–H groups in total. The van der Waals surface area contributed by atoms with Crippen LogP contribution in [0.4, 0.5) is 0 Å². The fraction of sp³-hybridized carbons (Fsp3) is 0.700. The summed E-state index contributed by atoms with van der Waals surface area (Å²) in [5, 5.41) is 47.8. The van der Waals surface area contributed by atoms with Crippen molar-refractivity contribution in [3.05, 3.63) is 0 Å². The number of amides is 1. The summed E-state index contributed by atoms with van der Waals surface area (Å²) in [4.78, 5) is 32.3. The number of aliphatic hydroxyl groups is 3. The molecule has 0 radical (unpaired) electrons. The van der Waals surface area contributed by atoms with Gasteiger partial charge in [-0.1, -0.05) is 0 Å². The van der Waals surface area contributed by atoms with Gasteiger partial charge in [-0.25, -0.2) is 9.59 Å². The molecule has 0 bridgehead atoms. The maximum absolute atomic E-state index is 11.4. The van der Waals surface area contributed by atoms with Crippen LogP contribution in [0.15, 0.2) is 0 Å². The van der Waals surface area contributed by atoms with Crippen LogP contribution in [0.25, 0.3) is 0 Å². The number of carbonyl (C=O) groups excluding carboxylic acids is 1. The Morgan fingerprint density at radius 3 is 2.19 bits per heavy atom. The number of carbonyl (C=O) groups is 3. The lowest BCUT2D eigenvalue weighted by Crippen LogP contribution is -2.65. The Bertz CT molecular complexity index is 413. The molecule has 11 heteroatoms. The monoisotopic (exact) mass is 309 g/mol. The summed E-state index contributed by atoms with van der Waals surface area (Å²) in [5.41, 5.74) is 0. The topological polar surface area (TPSA) is 183 Å². The minimum atomic E-state index is -1.87. The summed E-state index contributed by atoms with van der Waals surface area (Å²) in [6, 6.07) is -1.49. The minimum absolute atomic E-state index is 0.666. The van der Waals surface area contributed by atoms with Crippen LogP contribution < -0.4 is 5.32 Å². The molecule has 0 spiro atoms. The maximum Gasteiger partial charge on any atom is 0.335 e. The van der Waals surface area contributed by atoms with E-state index in [2.05, 4.69) is 9.47 Å². The van der Waals surface area contributed by atoms with Gasteiger partial charge in [0.15, 0.2) is 12.4 Å². The summed E-state index contributed by atoms with van der Waals surface area (Å²) in [7, 11) is 0. The van der Waals surface area contributed by atoms with Crippen molar-refractivity contribution in [2.24, 2.45) is 0 Å². The van der Waals surface area contributed by atoms with Crippen molar-refractivity contribution in [1.29, 1.82) is 0 Å². The van der Waals surface area contributed by atoms with E-state index in [0.717, 1.165) is 0 Å². The first-order chi connectivity index (χ1) is 9.73. The molecule has 1 amide bonds. The Morgan fingerprint density at radius 2 is 1.67 bits per heavy atom. The summed E-state index contributed by atoms with van der Waals surface area (Å²) in [6.45, 7) is -1.38. The van der Waals surface area contributed by atoms with Gasteiger partial charge in [0, 0.05) is 0 Å². The molecule has 1 fully saturated rings. The first kappa shape index (κ1) is 17.3. The minimum Gasteiger partial charge on any atom is -0.480 e. The number of nitrogens with one attached hydrogen (secondary N) is 1. The highest BCUT2D eigenvalue weighted by molar-refractivity contribution is 5.78. The van der Waals surface area contributed by atoms with Crippen LogP contribution in [0.3, 0.4) is 0 Å². The number of aliphatic carboxylic acids is 2. The third-order valence-electron chi connectivity index (χ3n) is 2.65. The molecule has 0 saturated carbocycles. The molecule has 1 aliphatic rings. The van der Waals surface area contributed by atoms with Crippen LogP contribution in [0, 0.1) is 0 Å². The molecule has 11 nitrogen and oxygen atoms in total. The molecule has 1 saturated heterocycles. The maximum atomic E-state index is 11.4. The first-order valence-corrected chi connectivity index (χ1v) is 5.75. The largest absolute Gasteiger partial charge is 0.480 e. The summed E-state index contributed by atoms with van der Waals surface area (Å²) in [6.07, 6.45) is -7.37. The molecule has 120 valence electrons. The first-order valence-electron chi connectivity index (χ1n) is 5.75. The van der Waals surface area contributed by atoms with Gasteiger partial charge in [-0.15, -0.1) is 0 Å². The van der Waals surface area contributed by atoms with E-state index < -0.39 is 61.7 Å². The second-order valence-corrected chi connectivity index (χ2v) is 4.25. The van der Waals surface area contributed by atoms with E-state index in [0.29, 0.717) is 0 Å². The lowest BCUT2D eigenvalue weighted by molar-refractivity contribution is -0.249. The number of carboxylic acids is 2. The van der Waals surface area contributed by atoms with Crippen molar-refractivity contribution in [3.8, 4) is 0 Å². The number of rotatable bonds is 6. The standard InChI is InChI=1S/C10H15NO10/c12-3(1-20-2-4(13)14)11-5-6(15)7(16)8(9(17)18)21-10(5)19/h5-8,10,15-16,19H,1-2H2,(H,11,12)(H,13,14)(H,17,18)/t5-,6-,7+,8-,10-/m1/s1. The third-order valence-corrected chi connectivity index (χ3v) is 2.65. The fourth-order valence-electron chi connectivity index (χ4n) is 1.70. The molecule has 0 aromatic rings. The average Bonchev–Trinajstić information content (AvgIpc) is 2.38. The van der Waals surface area contributed by atoms with Gasteiger partial charge in [-0.2, -0.15) is 0 Å². The molecule has 21 heavy (non-hydrogen) atoms. The van der Waals surface area contributed by atoms with Gasteiger partial charge in [-0.3, -0.25) is 4.79 Å². The zero-order valence-electron chi connectivity index (χ0n) is 10.6. The average molecular weight is 309 g/mol. The molecule has 1 heterocycles. The summed E-state index contributed by atoms with van der Waals surface area (Å²) >= 11 is 0. The Kier molecular flexibility index (Phi) is 5.99. The van der Waals surface area contributed by atoms with Gasteiger partial charge in [0.25, 0.3) is 0 Å². The van der Waals surface area contributed by atoms with Crippen molar-refractivity contribution in [1.82, 2.24) is 5.32 Å². The van der Waals surface area contributed by atoms with Crippen molar-refractivity contribution in [3.63, 3.8) is 0 Å². The molecule has 0 aliphatic carbocycles. The van der Waals surface area contributed by atoms with E-state index in [1.54, 1.807) is 0 Å². The normalized spacial score (nSPS) is 32.4. The SMILES string of the molecule is O=C(O)COCC(=O)N[C@@H]1[C@@H](O)[C@H](O)[C@H](C(=O)O)O[C@H]1O. The molecular formula is C10H15NO10. The van der Waals surface area contributed by atoms with E-state index in [4.69, 9.17) is 10.2 Å². The second-order valence-electron chi connectivity index (χ2n) is 4.25. The number of hydrogen-bond donors (Lipinski definition) is 6. The van der Waals surface area contributed by atoms with Gasteiger partial charge in [0.05, 0.1) is 0 Å². The summed E-state index contributed by atoms with van der Waals surface area (Å²) < 4.78 is 9.07. The van der Waals surface area contributed by atoms with Gasteiger partial charge < -0.3 is 40.3 Å². The van der Waals surface area contributed by atoms with Gasteiger partial charge in [-0.05, 0) is 0 Å². The molecule has 1 rings (SSSR count). The Morgan fingerprint density at radius 1 is 1.05 bits per heavy atom. The number of carboxylic acid groups (broad SMARTS) is 2. The lowest BCUT2D eigenvalue weighted by atomic mass is 9.97. The van der Waals surface area contributed by atoms with E-state index in [1.807, 2.05) is 5.32 Å². The highest BCUT2D eigenvalue weighted by Crippen LogP contribution is 2.20. The second kappa shape index (κ2) is 7.28. The van der Waals surface area contributed by atoms with Crippen LogP contribution >= 0.6 is 0 Å². The quantitative estimate of drug-likeness (QED) is 0.283. The lowest BCUT2D eigenvalue weighted by Gasteiger charge is -2.39. The van der Waals surface area contributed by atoms with Crippen LogP contribution in [-0.4, -0.2) is 87.2 Å². The third kappa shape index (κ3) is 4.61. The number of hydrogen-bond acceptors (Lipinski definition) is 8. The highest BCUT2D eigenvalue weighted by Gasteiger charge is 2.47. The van der Waals surface area contributed by atoms with Crippen molar-refractivity contribution in [2.75, 3.05) is 13.2 Å². The van der Waals surface area contributed by atoms with Crippen molar-refractivity contribution >= 4 is 17.8 Å². The Labute approximate surface area is 117 Å². The zero-order valence-corrected chi connectivity index (χ0v) is 10.6. The molecular weight excluding hydrogens is 294 g/mol. The van der Waals surface area contributed by atoms with E-state index >= 15 is 0 Å².